The lowest BCUT2D eigenvalue weighted by Gasteiger charge is -2.15. The molecule has 0 bridgehead atoms. The highest BCUT2D eigenvalue weighted by Crippen LogP contribution is 2.40. The summed E-state index contributed by atoms with van der Waals surface area (Å²) in [6, 6.07) is 0. The zero-order valence-electron chi connectivity index (χ0n) is 10.8. The zero-order chi connectivity index (χ0) is 18.3. The molecular weight excluding hydrogens is 790 g/mol. The van der Waals surface area contributed by atoms with Crippen LogP contribution in [0.25, 0.3) is 11.1 Å². The van der Waals surface area contributed by atoms with Crippen LogP contribution in [-0.4, -0.2) is 0 Å². The molecule has 0 saturated carbocycles. The Morgan fingerprint density at radius 1 is 0.542 bits per heavy atom. The maximum absolute atomic E-state index is 14.6. The highest BCUT2D eigenvalue weighted by Gasteiger charge is 2.30. The first kappa shape index (κ1) is 20.8. The average molecular weight is 790 g/mol. The van der Waals surface area contributed by atoms with Gasteiger partial charge in [-0.15, -0.1) is 4.39 Å². The molecule has 0 saturated heterocycles. The Balaban J connectivity index is 3.11. The van der Waals surface area contributed by atoms with Gasteiger partial charge in [-0.3, -0.25) is 0 Å². The van der Waals surface area contributed by atoms with E-state index in [1.165, 1.54) is 90.4 Å². The van der Waals surface area contributed by atoms with Crippen molar-refractivity contribution < 1.29 is 26.3 Å². The van der Waals surface area contributed by atoms with Gasteiger partial charge in [-0.25, -0.2) is 22.0 Å². The van der Waals surface area contributed by atoms with E-state index in [0.717, 1.165) is 6.17 Å². The lowest BCUT2D eigenvalue weighted by Crippen LogP contribution is -2.08. The SMILES string of the molecule is FC#Cc1c(I)c(F)c(I)c(F)c1-c1c(F)c(I)c(F)c(I)c1F. The molecule has 2 rings (SSSR count). The van der Waals surface area contributed by atoms with Crippen LogP contribution < -0.4 is 0 Å². The van der Waals surface area contributed by atoms with E-state index in [4.69, 9.17) is 0 Å². The molecule has 2 aromatic carbocycles. The van der Waals surface area contributed by atoms with Crippen molar-refractivity contribution in [1.82, 2.24) is 0 Å². The van der Waals surface area contributed by atoms with Crippen LogP contribution in [0.3, 0.4) is 0 Å². The van der Waals surface area contributed by atoms with Crippen LogP contribution in [0.4, 0.5) is 26.3 Å². The minimum Gasteiger partial charge on any atom is -0.205 e. The lowest BCUT2D eigenvalue weighted by molar-refractivity contribution is 0.524. The van der Waals surface area contributed by atoms with E-state index in [2.05, 4.69) is 0 Å². The molecule has 0 amide bonds. The average Bonchev–Trinajstić information content (AvgIpc) is 2.56. The lowest BCUT2D eigenvalue weighted by atomic mass is 9.98. The number of hydrogen-bond acceptors (Lipinski definition) is 0. The van der Waals surface area contributed by atoms with Gasteiger partial charge in [0.05, 0.1) is 25.4 Å². The molecule has 0 spiro atoms. The van der Waals surface area contributed by atoms with Gasteiger partial charge in [-0.05, 0) is 96.3 Å². The molecule has 0 heterocycles. The van der Waals surface area contributed by atoms with Crippen molar-refractivity contribution in [2.75, 3.05) is 0 Å². The van der Waals surface area contributed by atoms with Gasteiger partial charge in [-0.1, -0.05) is 0 Å². The van der Waals surface area contributed by atoms with Gasteiger partial charge in [0.2, 0.25) is 0 Å². The Hall–Kier alpha value is 0.500. The van der Waals surface area contributed by atoms with Crippen LogP contribution in [-0.2, 0) is 0 Å². The number of benzene rings is 2. The summed E-state index contributed by atoms with van der Waals surface area (Å²) in [5.41, 5.74) is -2.22. The van der Waals surface area contributed by atoms with E-state index in [-0.39, 0.29) is 3.57 Å². The van der Waals surface area contributed by atoms with Gasteiger partial charge in [0.15, 0.2) is 11.6 Å². The van der Waals surface area contributed by atoms with Crippen molar-refractivity contribution in [2.24, 2.45) is 0 Å². The predicted octanol–water partition coefficient (Wildman–Crippen LogP) is 6.75. The number of rotatable bonds is 1. The monoisotopic (exact) mass is 790 g/mol. The summed E-state index contributed by atoms with van der Waals surface area (Å²) in [4.78, 5) is 0. The van der Waals surface area contributed by atoms with E-state index < -0.39 is 56.5 Å². The fourth-order valence-corrected chi connectivity index (χ4v) is 5.18. The summed E-state index contributed by atoms with van der Waals surface area (Å²) in [6.07, 6.45) is 0.975. The maximum atomic E-state index is 14.6. The Bertz CT molecular complexity index is 901. The molecular formula is C14F6I4. The van der Waals surface area contributed by atoms with Crippen LogP contribution in [0, 0.1) is 55.5 Å². The summed E-state index contributed by atoms with van der Waals surface area (Å²) in [5, 5.41) is 0. The molecule has 0 aliphatic carbocycles. The van der Waals surface area contributed by atoms with Crippen molar-refractivity contribution >= 4 is 90.4 Å². The summed E-state index contributed by atoms with van der Waals surface area (Å²) < 4.78 is 81.8. The van der Waals surface area contributed by atoms with Crippen molar-refractivity contribution in [2.45, 2.75) is 0 Å². The normalized spacial score (nSPS) is 10.6. The minimum absolute atomic E-state index is 0.299. The quantitative estimate of drug-likeness (QED) is 0.0988. The minimum atomic E-state index is -1.37. The molecule has 0 fully saturated rings. The second-order valence-corrected chi connectivity index (χ2v) is 8.49. The van der Waals surface area contributed by atoms with Crippen LogP contribution in [0.2, 0.25) is 0 Å². The second kappa shape index (κ2) is 8.03. The molecule has 0 aliphatic heterocycles. The fraction of sp³-hybridized carbons (Fsp3) is 0. The van der Waals surface area contributed by atoms with Gasteiger partial charge in [0.25, 0.3) is 0 Å². The van der Waals surface area contributed by atoms with Gasteiger partial charge < -0.3 is 0 Å². The Morgan fingerprint density at radius 3 is 1.33 bits per heavy atom. The van der Waals surface area contributed by atoms with Crippen molar-refractivity contribution in [3.05, 3.63) is 48.9 Å². The first-order valence-electron chi connectivity index (χ1n) is 5.64. The van der Waals surface area contributed by atoms with E-state index in [9.17, 15) is 26.3 Å². The van der Waals surface area contributed by atoms with Gasteiger partial charge in [0, 0.05) is 5.56 Å². The van der Waals surface area contributed by atoms with Crippen molar-refractivity contribution in [3.63, 3.8) is 0 Å². The standard InChI is InChI=1S/C14F6I4/c15-2-1-3-4(6(16)12(22)9(19)11(3)21)5-7(17)13(23)10(20)14(24)8(5)18. The Morgan fingerprint density at radius 2 is 0.917 bits per heavy atom. The number of halogens is 10. The van der Waals surface area contributed by atoms with E-state index in [1.54, 1.807) is 0 Å². The molecule has 24 heavy (non-hydrogen) atoms. The first-order chi connectivity index (χ1) is 11.1. The van der Waals surface area contributed by atoms with Crippen LogP contribution in [0.1, 0.15) is 5.56 Å². The van der Waals surface area contributed by atoms with Gasteiger partial charge in [0.1, 0.15) is 23.6 Å². The predicted molar refractivity (Wildman–Crippen MR) is 111 cm³/mol. The topological polar surface area (TPSA) is 0 Å². The zero-order valence-corrected chi connectivity index (χ0v) is 19.4. The fourth-order valence-electron chi connectivity index (χ4n) is 1.86. The molecule has 2 aromatic rings. The summed E-state index contributed by atoms with van der Waals surface area (Å²) in [5.74, 6) is -4.39. The molecule has 0 unspecified atom stereocenters. The highest BCUT2D eigenvalue weighted by atomic mass is 127. The van der Waals surface area contributed by atoms with E-state index in [1.807, 2.05) is 5.92 Å². The molecule has 0 aromatic heterocycles. The molecule has 0 N–H and O–H groups in total. The third kappa shape index (κ3) is 3.38. The third-order valence-corrected chi connectivity index (χ3v) is 6.75. The molecule has 0 radical (unpaired) electrons. The van der Waals surface area contributed by atoms with Gasteiger partial charge >= 0.3 is 0 Å². The molecule has 126 valence electrons. The summed E-state index contributed by atoms with van der Waals surface area (Å²) >= 11 is 5.35. The third-order valence-electron chi connectivity index (χ3n) is 2.90. The summed E-state index contributed by atoms with van der Waals surface area (Å²) in [7, 11) is 0. The smallest absolute Gasteiger partial charge is 0.155 e. The van der Waals surface area contributed by atoms with E-state index in [0.29, 0.717) is 0 Å². The number of hydrogen-bond donors (Lipinski definition) is 0. The molecule has 0 atom stereocenters. The molecule has 0 nitrogen and oxygen atoms in total. The maximum Gasteiger partial charge on any atom is 0.155 e. The Kier molecular flexibility index (Phi) is 6.96. The second-order valence-electron chi connectivity index (χ2n) is 4.17. The summed E-state index contributed by atoms with van der Waals surface area (Å²) in [6.45, 7) is 0. The molecule has 10 heteroatoms. The van der Waals surface area contributed by atoms with Crippen LogP contribution in [0.5, 0.6) is 0 Å². The van der Waals surface area contributed by atoms with E-state index >= 15 is 0 Å². The Labute approximate surface area is 186 Å². The van der Waals surface area contributed by atoms with Crippen molar-refractivity contribution in [3.8, 4) is 23.2 Å². The van der Waals surface area contributed by atoms with Crippen molar-refractivity contribution in [1.29, 1.82) is 0 Å². The van der Waals surface area contributed by atoms with Crippen LogP contribution >= 0.6 is 90.4 Å². The van der Waals surface area contributed by atoms with Gasteiger partial charge in [-0.2, -0.15) is 0 Å². The first-order valence-corrected chi connectivity index (χ1v) is 9.95. The van der Waals surface area contributed by atoms with Crippen LogP contribution in [0.15, 0.2) is 0 Å². The molecule has 0 aliphatic rings. The highest BCUT2D eigenvalue weighted by molar-refractivity contribution is 14.1. The largest absolute Gasteiger partial charge is 0.205 e.